The Morgan fingerprint density at radius 2 is 1.71 bits per heavy atom. The molecule has 0 spiro atoms. The van der Waals surface area contributed by atoms with E-state index >= 15 is 0 Å². The third-order valence-electron chi connectivity index (χ3n) is 6.74. The molecule has 1 heterocycles. The summed E-state index contributed by atoms with van der Waals surface area (Å²) in [6, 6.07) is 21.9. The number of ketones is 1. The molecule has 0 aliphatic carbocycles. The fourth-order valence-electron chi connectivity index (χ4n) is 4.97. The second kappa shape index (κ2) is 9.94. The molecule has 0 bridgehead atoms. The zero-order chi connectivity index (χ0) is 27.0. The van der Waals surface area contributed by atoms with Gasteiger partial charge in [0.05, 0.1) is 31.0 Å². The molecule has 0 radical (unpaired) electrons. The number of ether oxygens (including phenoxy) is 2. The van der Waals surface area contributed by atoms with E-state index in [1.807, 2.05) is 43.3 Å². The Balaban J connectivity index is 1.78. The lowest BCUT2D eigenvalue weighted by Gasteiger charge is -2.27. The fourth-order valence-corrected chi connectivity index (χ4v) is 4.97. The number of phenolic OH excluding ortho intramolecular Hbond substituents is 1. The maximum Gasteiger partial charge on any atom is 0.300 e. The van der Waals surface area contributed by atoms with Gasteiger partial charge >= 0.3 is 0 Å². The Bertz CT molecular complexity index is 1600. The molecule has 7 heteroatoms. The Morgan fingerprint density at radius 1 is 0.947 bits per heavy atom. The molecule has 1 aliphatic heterocycles. The Labute approximate surface area is 220 Å². The minimum atomic E-state index is -0.969. The second-order valence-corrected chi connectivity index (χ2v) is 9.01. The number of anilines is 1. The summed E-state index contributed by atoms with van der Waals surface area (Å²) in [7, 11) is 1.55. The van der Waals surface area contributed by atoms with E-state index in [1.165, 1.54) is 11.0 Å². The lowest BCUT2D eigenvalue weighted by atomic mass is 9.94. The van der Waals surface area contributed by atoms with Crippen LogP contribution in [0.25, 0.3) is 16.5 Å². The maximum atomic E-state index is 13.7. The van der Waals surface area contributed by atoms with Gasteiger partial charge in [0, 0.05) is 10.9 Å². The molecule has 0 aromatic heterocycles. The topological polar surface area (TPSA) is 96.3 Å². The summed E-state index contributed by atoms with van der Waals surface area (Å²) in [6.07, 6.45) is 0. The predicted octanol–water partition coefficient (Wildman–Crippen LogP) is 5.89. The van der Waals surface area contributed by atoms with Gasteiger partial charge in [0.1, 0.15) is 11.5 Å². The first-order chi connectivity index (χ1) is 18.3. The number of aromatic hydroxyl groups is 1. The number of nitrogens with zero attached hydrogens (tertiary/aromatic N) is 1. The summed E-state index contributed by atoms with van der Waals surface area (Å²) < 4.78 is 10.9. The van der Waals surface area contributed by atoms with Crippen molar-refractivity contribution in [3.05, 3.63) is 101 Å². The first-order valence-electron chi connectivity index (χ1n) is 12.2. The Hall–Kier alpha value is -4.78. The number of aliphatic hydroxyl groups is 1. The van der Waals surface area contributed by atoms with E-state index < -0.39 is 17.7 Å². The number of fused-ring (bicyclic) bond motifs is 1. The minimum absolute atomic E-state index is 0.0550. The molecule has 1 fully saturated rings. The van der Waals surface area contributed by atoms with Crippen LogP contribution in [-0.2, 0) is 9.59 Å². The van der Waals surface area contributed by atoms with Crippen LogP contribution in [0.1, 0.15) is 29.7 Å². The number of hydrogen-bond acceptors (Lipinski definition) is 6. The van der Waals surface area contributed by atoms with Crippen LogP contribution < -0.4 is 14.4 Å². The molecule has 4 aromatic rings. The van der Waals surface area contributed by atoms with Crippen molar-refractivity contribution in [1.82, 2.24) is 0 Å². The molecule has 4 aromatic carbocycles. The van der Waals surface area contributed by atoms with Crippen molar-refractivity contribution >= 4 is 33.9 Å². The molecular weight excluding hydrogens is 482 g/mol. The number of carbonyl (C=O) groups excluding carboxylic acids is 2. The van der Waals surface area contributed by atoms with Crippen LogP contribution in [-0.4, -0.2) is 35.6 Å². The number of Topliss-reactive ketones (excluding diaryl/α,β-unsaturated/α-hetero) is 1. The van der Waals surface area contributed by atoms with Crippen LogP contribution >= 0.6 is 0 Å². The SMILES string of the molecule is CCOc1cc(C2/C(=C(\O)c3ccc(OC)c(C)c3)C(=O)C(=O)N2c2cccc3ccccc23)ccc1O. The van der Waals surface area contributed by atoms with Crippen molar-refractivity contribution in [2.24, 2.45) is 0 Å². The lowest BCUT2D eigenvalue weighted by molar-refractivity contribution is -0.132. The number of carbonyl (C=O) groups is 2. The van der Waals surface area contributed by atoms with Crippen molar-refractivity contribution in [3.63, 3.8) is 0 Å². The molecular formula is C31H27NO6. The molecule has 1 atom stereocenters. The average Bonchev–Trinajstić information content (AvgIpc) is 3.19. The fraction of sp³-hybridized carbons (Fsp3) is 0.161. The van der Waals surface area contributed by atoms with Crippen molar-refractivity contribution < 1.29 is 29.3 Å². The van der Waals surface area contributed by atoms with Gasteiger partial charge in [-0.15, -0.1) is 0 Å². The zero-order valence-corrected chi connectivity index (χ0v) is 21.3. The third kappa shape index (κ3) is 4.12. The molecule has 1 unspecified atom stereocenters. The molecule has 1 saturated heterocycles. The molecule has 38 heavy (non-hydrogen) atoms. The summed E-state index contributed by atoms with van der Waals surface area (Å²) >= 11 is 0. The first-order valence-corrected chi connectivity index (χ1v) is 12.2. The van der Waals surface area contributed by atoms with E-state index in [0.717, 1.165) is 16.3 Å². The summed E-state index contributed by atoms with van der Waals surface area (Å²) in [5.74, 6) is -1.08. The van der Waals surface area contributed by atoms with Gasteiger partial charge in [-0.2, -0.15) is 0 Å². The highest BCUT2D eigenvalue weighted by atomic mass is 16.5. The average molecular weight is 510 g/mol. The molecule has 7 nitrogen and oxygen atoms in total. The summed E-state index contributed by atoms with van der Waals surface area (Å²) in [5.41, 5.74) is 2.13. The van der Waals surface area contributed by atoms with Gasteiger partial charge in [-0.05, 0) is 66.8 Å². The van der Waals surface area contributed by atoms with Crippen molar-refractivity contribution in [1.29, 1.82) is 0 Å². The zero-order valence-electron chi connectivity index (χ0n) is 21.3. The monoisotopic (exact) mass is 509 g/mol. The number of benzene rings is 4. The largest absolute Gasteiger partial charge is 0.507 e. The summed E-state index contributed by atoms with van der Waals surface area (Å²) in [4.78, 5) is 28.7. The number of aryl methyl sites for hydroxylation is 1. The van der Waals surface area contributed by atoms with Crippen LogP contribution in [0, 0.1) is 6.92 Å². The number of methoxy groups -OCH3 is 1. The van der Waals surface area contributed by atoms with Gasteiger partial charge < -0.3 is 19.7 Å². The number of aliphatic hydroxyl groups excluding tert-OH is 1. The number of rotatable bonds is 6. The van der Waals surface area contributed by atoms with Crippen molar-refractivity contribution in [3.8, 4) is 17.2 Å². The van der Waals surface area contributed by atoms with Crippen LogP contribution in [0.4, 0.5) is 5.69 Å². The van der Waals surface area contributed by atoms with Gasteiger partial charge in [0.2, 0.25) is 0 Å². The molecule has 192 valence electrons. The maximum absolute atomic E-state index is 13.7. The molecule has 1 aliphatic rings. The highest BCUT2D eigenvalue weighted by molar-refractivity contribution is 6.52. The number of amides is 1. The minimum Gasteiger partial charge on any atom is -0.507 e. The Kier molecular flexibility index (Phi) is 6.51. The van der Waals surface area contributed by atoms with Crippen LogP contribution in [0.15, 0.2) is 84.4 Å². The molecule has 1 amide bonds. The highest BCUT2D eigenvalue weighted by Crippen LogP contribution is 2.45. The molecule has 2 N–H and O–H groups in total. The van der Waals surface area contributed by atoms with E-state index in [-0.39, 0.29) is 22.8 Å². The van der Waals surface area contributed by atoms with E-state index in [4.69, 9.17) is 9.47 Å². The van der Waals surface area contributed by atoms with Gasteiger partial charge in [0.25, 0.3) is 11.7 Å². The molecule has 5 rings (SSSR count). The number of hydrogen-bond donors (Lipinski definition) is 2. The Morgan fingerprint density at radius 3 is 2.45 bits per heavy atom. The van der Waals surface area contributed by atoms with E-state index in [2.05, 4.69) is 0 Å². The van der Waals surface area contributed by atoms with Crippen LogP contribution in [0.3, 0.4) is 0 Å². The highest BCUT2D eigenvalue weighted by Gasteiger charge is 2.47. The summed E-state index contributed by atoms with van der Waals surface area (Å²) in [5, 5.41) is 23.5. The molecule has 0 saturated carbocycles. The van der Waals surface area contributed by atoms with Crippen LogP contribution in [0.5, 0.6) is 17.2 Å². The predicted molar refractivity (Wildman–Crippen MR) is 146 cm³/mol. The smallest absolute Gasteiger partial charge is 0.300 e. The van der Waals surface area contributed by atoms with Crippen molar-refractivity contribution in [2.45, 2.75) is 19.9 Å². The normalized spacial score (nSPS) is 16.7. The van der Waals surface area contributed by atoms with Crippen molar-refractivity contribution in [2.75, 3.05) is 18.6 Å². The quantitative estimate of drug-likeness (QED) is 0.191. The summed E-state index contributed by atoms with van der Waals surface area (Å²) in [6.45, 7) is 3.93. The lowest BCUT2D eigenvalue weighted by Crippen LogP contribution is -2.29. The van der Waals surface area contributed by atoms with Gasteiger partial charge in [-0.3, -0.25) is 14.5 Å². The first kappa shape index (κ1) is 24.9. The van der Waals surface area contributed by atoms with Crippen LogP contribution in [0.2, 0.25) is 0 Å². The number of phenols is 1. The van der Waals surface area contributed by atoms with Gasteiger partial charge in [-0.25, -0.2) is 0 Å². The second-order valence-electron chi connectivity index (χ2n) is 9.01. The van der Waals surface area contributed by atoms with E-state index in [1.54, 1.807) is 50.4 Å². The van der Waals surface area contributed by atoms with E-state index in [0.29, 0.717) is 29.2 Å². The van der Waals surface area contributed by atoms with Gasteiger partial charge in [0.15, 0.2) is 11.5 Å². The van der Waals surface area contributed by atoms with E-state index in [9.17, 15) is 19.8 Å². The standard InChI is InChI=1S/C31H27NO6/c1-4-38-26-17-20(12-14-24(26)33)28-27(29(34)21-13-15-25(37-3)18(2)16-21)30(35)31(36)32(28)23-11-7-9-19-8-5-6-10-22(19)23/h5-17,28,33-34H,4H2,1-3H3/b29-27+. The van der Waals surface area contributed by atoms with Gasteiger partial charge in [-0.1, -0.05) is 42.5 Å². The third-order valence-corrected chi connectivity index (χ3v) is 6.74.